The fraction of sp³-hybridized carbons (Fsp3) is 0.611. The molecular formula is C18H29Cl2N3O2. The Labute approximate surface area is 162 Å². The lowest BCUT2D eigenvalue weighted by Crippen LogP contribution is -2.53. The maximum Gasteiger partial charge on any atom is 0.225 e. The number of carbonyl (C=O) groups is 1. The van der Waals surface area contributed by atoms with Crippen LogP contribution in [0.1, 0.15) is 18.9 Å². The fourth-order valence-corrected chi connectivity index (χ4v) is 3.41. The summed E-state index contributed by atoms with van der Waals surface area (Å²) in [5.41, 5.74) is 1.32. The maximum absolute atomic E-state index is 12.5. The Balaban J connectivity index is 0.00000156. The van der Waals surface area contributed by atoms with Gasteiger partial charge >= 0.3 is 0 Å². The highest BCUT2D eigenvalue weighted by molar-refractivity contribution is 5.85. The summed E-state index contributed by atoms with van der Waals surface area (Å²) in [6, 6.07) is 10.8. The fourth-order valence-electron chi connectivity index (χ4n) is 3.41. The quantitative estimate of drug-likeness (QED) is 0.854. The van der Waals surface area contributed by atoms with Crippen LogP contribution in [0, 0.1) is 0 Å². The SMILES string of the molecule is C[C@@H]1CNCCN1C(=O)CC1CN(Cc2ccccc2)CCO1.Cl.Cl. The molecule has 2 fully saturated rings. The number of rotatable bonds is 4. The first-order chi connectivity index (χ1) is 11.2. The van der Waals surface area contributed by atoms with Crippen molar-refractivity contribution in [1.29, 1.82) is 0 Å². The van der Waals surface area contributed by atoms with Crippen LogP contribution >= 0.6 is 24.8 Å². The minimum absolute atomic E-state index is 0. The van der Waals surface area contributed by atoms with Gasteiger partial charge in [-0.05, 0) is 12.5 Å². The predicted molar refractivity (Wildman–Crippen MR) is 105 cm³/mol. The highest BCUT2D eigenvalue weighted by Gasteiger charge is 2.28. The molecule has 0 radical (unpaired) electrons. The number of amides is 1. The number of benzene rings is 1. The van der Waals surface area contributed by atoms with Crippen LogP contribution < -0.4 is 5.32 Å². The van der Waals surface area contributed by atoms with Crippen LogP contribution in [0.25, 0.3) is 0 Å². The van der Waals surface area contributed by atoms with Crippen molar-refractivity contribution in [2.45, 2.75) is 32.0 Å². The minimum Gasteiger partial charge on any atom is -0.375 e. The number of nitrogens with one attached hydrogen (secondary N) is 1. The molecule has 2 atom stereocenters. The van der Waals surface area contributed by atoms with Crippen molar-refractivity contribution in [3.63, 3.8) is 0 Å². The highest BCUT2D eigenvalue weighted by atomic mass is 35.5. The molecule has 1 aromatic carbocycles. The molecule has 0 bridgehead atoms. The first kappa shape index (κ1) is 22.2. The molecular weight excluding hydrogens is 361 g/mol. The van der Waals surface area contributed by atoms with Crippen LogP contribution in [0.2, 0.25) is 0 Å². The van der Waals surface area contributed by atoms with Gasteiger partial charge in [-0.3, -0.25) is 9.69 Å². The van der Waals surface area contributed by atoms with Gasteiger partial charge in [-0.15, -0.1) is 24.8 Å². The molecule has 142 valence electrons. The molecule has 1 aromatic rings. The molecule has 25 heavy (non-hydrogen) atoms. The van der Waals surface area contributed by atoms with Crippen LogP contribution in [0.4, 0.5) is 0 Å². The zero-order valence-electron chi connectivity index (χ0n) is 14.7. The Morgan fingerprint density at radius 1 is 1.24 bits per heavy atom. The lowest BCUT2D eigenvalue weighted by atomic mass is 10.1. The second-order valence-electron chi connectivity index (χ2n) is 6.56. The molecule has 3 rings (SSSR count). The first-order valence-electron chi connectivity index (χ1n) is 8.60. The summed E-state index contributed by atoms with van der Waals surface area (Å²) in [6.45, 7) is 8.10. The average Bonchev–Trinajstić information content (AvgIpc) is 2.56. The van der Waals surface area contributed by atoms with Crippen molar-refractivity contribution in [1.82, 2.24) is 15.1 Å². The lowest BCUT2D eigenvalue weighted by Gasteiger charge is -2.37. The van der Waals surface area contributed by atoms with Crippen molar-refractivity contribution in [3.05, 3.63) is 35.9 Å². The number of hydrogen-bond acceptors (Lipinski definition) is 4. The molecule has 0 saturated carbocycles. The Kier molecular flexibility index (Phi) is 9.75. The second-order valence-corrected chi connectivity index (χ2v) is 6.56. The van der Waals surface area contributed by atoms with Gasteiger partial charge in [0.15, 0.2) is 0 Å². The van der Waals surface area contributed by atoms with Crippen molar-refractivity contribution >= 4 is 30.7 Å². The van der Waals surface area contributed by atoms with Gasteiger partial charge in [-0.1, -0.05) is 30.3 Å². The monoisotopic (exact) mass is 389 g/mol. The van der Waals surface area contributed by atoms with Crippen molar-refractivity contribution in [2.75, 3.05) is 39.3 Å². The van der Waals surface area contributed by atoms with Gasteiger partial charge in [0.2, 0.25) is 5.91 Å². The zero-order chi connectivity index (χ0) is 16.1. The second kappa shape index (κ2) is 11.0. The molecule has 1 N–H and O–H groups in total. The number of hydrogen-bond donors (Lipinski definition) is 1. The lowest BCUT2D eigenvalue weighted by molar-refractivity contribution is -0.139. The van der Waals surface area contributed by atoms with E-state index in [1.807, 2.05) is 11.0 Å². The highest BCUT2D eigenvalue weighted by Crippen LogP contribution is 2.15. The minimum atomic E-state index is 0. The molecule has 1 unspecified atom stereocenters. The predicted octanol–water partition coefficient (Wildman–Crippen LogP) is 1.94. The number of carbonyl (C=O) groups excluding carboxylic acids is 1. The van der Waals surface area contributed by atoms with E-state index in [0.717, 1.165) is 39.3 Å². The van der Waals surface area contributed by atoms with E-state index in [2.05, 4.69) is 41.4 Å². The third kappa shape index (κ3) is 6.42. The number of piperazine rings is 1. The molecule has 5 nitrogen and oxygen atoms in total. The summed E-state index contributed by atoms with van der Waals surface area (Å²) >= 11 is 0. The molecule has 0 spiro atoms. The van der Waals surface area contributed by atoms with E-state index in [9.17, 15) is 4.79 Å². The van der Waals surface area contributed by atoms with E-state index in [0.29, 0.717) is 13.0 Å². The Bertz CT molecular complexity index is 518. The zero-order valence-corrected chi connectivity index (χ0v) is 16.4. The summed E-state index contributed by atoms with van der Waals surface area (Å²) < 4.78 is 5.84. The van der Waals surface area contributed by atoms with E-state index in [4.69, 9.17) is 4.74 Å². The third-order valence-corrected chi connectivity index (χ3v) is 4.70. The van der Waals surface area contributed by atoms with Gasteiger partial charge in [-0.2, -0.15) is 0 Å². The van der Waals surface area contributed by atoms with Crippen molar-refractivity contribution in [3.8, 4) is 0 Å². The summed E-state index contributed by atoms with van der Waals surface area (Å²) in [5.74, 6) is 0.227. The van der Waals surface area contributed by atoms with Crippen LogP contribution in [0.3, 0.4) is 0 Å². The van der Waals surface area contributed by atoms with Gasteiger partial charge < -0.3 is 15.0 Å². The van der Waals surface area contributed by atoms with Crippen molar-refractivity contribution < 1.29 is 9.53 Å². The summed E-state index contributed by atoms with van der Waals surface area (Å²) in [6.07, 6.45) is 0.511. The van der Waals surface area contributed by atoms with Crippen molar-refractivity contribution in [2.24, 2.45) is 0 Å². The molecule has 1 amide bonds. The van der Waals surface area contributed by atoms with Gasteiger partial charge in [-0.25, -0.2) is 0 Å². The molecule has 0 aromatic heterocycles. The maximum atomic E-state index is 12.5. The third-order valence-electron chi connectivity index (χ3n) is 4.70. The van der Waals surface area contributed by atoms with Gasteiger partial charge in [0.05, 0.1) is 19.1 Å². The summed E-state index contributed by atoms with van der Waals surface area (Å²) in [5, 5.41) is 3.32. The molecule has 2 saturated heterocycles. The molecule has 7 heteroatoms. The Hall–Kier alpha value is -0.850. The topological polar surface area (TPSA) is 44.8 Å². The van der Waals surface area contributed by atoms with Gasteiger partial charge in [0.1, 0.15) is 0 Å². The van der Waals surface area contributed by atoms with Crippen LogP contribution in [0.15, 0.2) is 30.3 Å². The van der Waals surface area contributed by atoms with Gasteiger partial charge in [0.25, 0.3) is 0 Å². The average molecular weight is 390 g/mol. The molecule has 2 aliphatic rings. The van der Waals surface area contributed by atoms with E-state index in [-0.39, 0.29) is 42.9 Å². The van der Waals surface area contributed by atoms with E-state index >= 15 is 0 Å². The molecule has 0 aliphatic carbocycles. The largest absolute Gasteiger partial charge is 0.375 e. The van der Waals surface area contributed by atoms with Crippen LogP contribution in [-0.4, -0.2) is 67.2 Å². The van der Waals surface area contributed by atoms with E-state index in [1.165, 1.54) is 5.56 Å². The van der Waals surface area contributed by atoms with E-state index < -0.39 is 0 Å². The van der Waals surface area contributed by atoms with E-state index in [1.54, 1.807) is 0 Å². The van der Waals surface area contributed by atoms with Crippen LogP contribution in [0.5, 0.6) is 0 Å². The first-order valence-corrected chi connectivity index (χ1v) is 8.60. The number of halogens is 2. The molecule has 2 heterocycles. The number of morpholine rings is 1. The Morgan fingerprint density at radius 2 is 2.00 bits per heavy atom. The smallest absolute Gasteiger partial charge is 0.225 e. The van der Waals surface area contributed by atoms with Gasteiger partial charge in [0, 0.05) is 45.3 Å². The normalized spacial score (nSPS) is 24.1. The summed E-state index contributed by atoms with van der Waals surface area (Å²) in [4.78, 5) is 16.9. The standard InChI is InChI=1S/C18H27N3O2.2ClH/c1-15-12-19-7-8-21(15)18(22)11-17-14-20(9-10-23-17)13-16-5-3-2-4-6-16;;/h2-6,15,17,19H,7-14H2,1H3;2*1H/t15-,17?;;/m1../s1. The molecule has 2 aliphatic heterocycles. The van der Waals surface area contributed by atoms with Crippen LogP contribution in [-0.2, 0) is 16.1 Å². The number of nitrogens with zero attached hydrogens (tertiary/aromatic N) is 2. The number of ether oxygens (including phenoxy) is 1. The summed E-state index contributed by atoms with van der Waals surface area (Å²) in [7, 11) is 0. The Morgan fingerprint density at radius 3 is 2.72 bits per heavy atom.